The van der Waals surface area contributed by atoms with Crippen molar-refractivity contribution in [3.63, 3.8) is 0 Å². The summed E-state index contributed by atoms with van der Waals surface area (Å²) in [4.78, 5) is 0. The van der Waals surface area contributed by atoms with E-state index >= 15 is 0 Å². The summed E-state index contributed by atoms with van der Waals surface area (Å²) < 4.78 is 12.0. The van der Waals surface area contributed by atoms with Gasteiger partial charge in [0.25, 0.3) is 0 Å². The Morgan fingerprint density at radius 1 is 0.591 bits per heavy atom. The van der Waals surface area contributed by atoms with Crippen molar-refractivity contribution in [2.75, 3.05) is 7.11 Å². The van der Waals surface area contributed by atoms with Crippen LogP contribution in [0.4, 0.5) is 0 Å². The lowest BCUT2D eigenvalue weighted by atomic mass is 10.1. The molecule has 0 aromatic heterocycles. The standard InChI is InChI=1S/C19H15BrO2/c1-21-17-8-2-14(3-9-17)15-4-10-18(11-5-15)22-19-12-6-16(20)7-13-19/h2-13H,1H3. The van der Waals surface area contributed by atoms with Crippen molar-refractivity contribution in [3.8, 4) is 28.4 Å². The van der Waals surface area contributed by atoms with E-state index in [0.29, 0.717) is 0 Å². The molecule has 0 unspecified atom stereocenters. The lowest BCUT2D eigenvalue weighted by Gasteiger charge is -2.08. The highest BCUT2D eigenvalue weighted by Crippen LogP contribution is 2.27. The average molecular weight is 355 g/mol. The van der Waals surface area contributed by atoms with Crippen molar-refractivity contribution >= 4 is 15.9 Å². The highest BCUT2D eigenvalue weighted by atomic mass is 79.9. The van der Waals surface area contributed by atoms with Gasteiger partial charge in [0, 0.05) is 4.47 Å². The molecular formula is C19H15BrO2. The predicted octanol–water partition coefficient (Wildman–Crippen LogP) is 5.92. The summed E-state index contributed by atoms with van der Waals surface area (Å²) in [5.74, 6) is 2.50. The number of ether oxygens (including phenoxy) is 2. The van der Waals surface area contributed by atoms with E-state index < -0.39 is 0 Å². The molecule has 0 aliphatic carbocycles. The van der Waals surface area contributed by atoms with Gasteiger partial charge in [0.05, 0.1) is 7.11 Å². The molecule has 0 saturated carbocycles. The summed E-state index contributed by atoms with van der Waals surface area (Å²) in [5.41, 5.74) is 2.29. The Morgan fingerprint density at radius 3 is 1.45 bits per heavy atom. The summed E-state index contributed by atoms with van der Waals surface area (Å²) in [5, 5.41) is 0. The molecule has 2 nitrogen and oxygen atoms in total. The summed E-state index contributed by atoms with van der Waals surface area (Å²) in [6, 6.07) is 23.8. The molecule has 22 heavy (non-hydrogen) atoms. The topological polar surface area (TPSA) is 18.5 Å². The van der Waals surface area contributed by atoms with Gasteiger partial charge in [-0.1, -0.05) is 40.2 Å². The first-order valence-electron chi connectivity index (χ1n) is 6.92. The fourth-order valence-electron chi connectivity index (χ4n) is 2.14. The van der Waals surface area contributed by atoms with E-state index in [4.69, 9.17) is 9.47 Å². The second-order valence-electron chi connectivity index (χ2n) is 4.81. The first kappa shape index (κ1) is 14.7. The van der Waals surface area contributed by atoms with Crippen LogP contribution < -0.4 is 9.47 Å². The van der Waals surface area contributed by atoms with Crippen molar-refractivity contribution in [3.05, 3.63) is 77.3 Å². The van der Waals surface area contributed by atoms with Crippen molar-refractivity contribution in [1.29, 1.82) is 0 Å². The average Bonchev–Trinajstić information content (AvgIpc) is 2.58. The van der Waals surface area contributed by atoms with Gasteiger partial charge in [-0.3, -0.25) is 0 Å². The molecule has 0 bridgehead atoms. The van der Waals surface area contributed by atoms with Crippen molar-refractivity contribution in [2.45, 2.75) is 0 Å². The molecule has 3 aromatic rings. The molecule has 0 fully saturated rings. The number of hydrogen-bond donors (Lipinski definition) is 0. The molecule has 0 aliphatic heterocycles. The fraction of sp³-hybridized carbons (Fsp3) is 0.0526. The Bertz CT molecular complexity index is 732. The maximum Gasteiger partial charge on any atom is 0.127 e. The molecular weight excluding hydrogens is 340 g/mol. The minimum Gasteiger partial charge on any atom is -0.497 e. The Balaban J connectivity index is 1.75. The van der Waals surface area contributed by atoms with Crippen LogP contribution in [0.25, 0.3) is 11.1 Å². The van der Waals surface area contributed by atoms with Crippen LogP contribution in [0.5, 0.6) is 17.2 Å². The van der Waals surface area contributed by atoms with Crippen LogP contribution in [0.2, 0.25) is 0 Å². The van der Waals surface area contributed by atoms with Gasteiger partial charge in [-0.2, -0.15) is 0 Å². The van der Waals surface area contributed by atoms with E-state index in [2.05, 4.69) is 28.1 Å². The van der Waals surface area contributed by atoms with Gasteiger partial charge in [-0.15, -0.1) is 0 Å². The van der Waals surface area contributed by atoms with Gasteiger partial charge in [0.15, 0.2) is 0 Å². The molecule has 110 valence electrons. The summed E-state index contributed by atoms with van der Waals surface area (Å²) in [7, 11) is 1.67. The molecule has 0 spiro atoms. The first-order valence-corrected chi connectivity index (χ1v) is 7.72. The largest absolute Gasteiger partial charge is 0.497 e. The van der Waals surface area contributed by atoms with Crippen LogP contribution in [-0.4, -0.2) is 7.11 Å². The zero-order chi connectivity index (χ0) is 15.4. The van der Waals surface area contributed by atoms with E-state index in [1.807, 2.05) is 60.7 Å². The second-order valence-corrected chi connectivity index (χ2v) is 5.72. The molecule has 3 rings (SSSR count). The number of hydrogen-bond acceptors (Lipinski definition) is 2. The van der Waals surface area contributed by atoms with E-state index in [9.17, 15) is 0 Å². The van der Waals surface area contributed by atoms with E-state index in [1.54, 1.807) is 7.11 Å². The van der Waals surface area contributed by atoms with E-state index in [1.165, 1.54) is 0 Å². The summed E-state index contributed by atoms with van der Waals surface area (Å²) >= 11 is 3.41. The number of methoxy groups -OCH3 is 1. The Hall–Kier alpha value is -2.26. The summed E-state index contributed by atoms with van der Waals surface area (Å²) in [6.07, 6.45) is 0. The van der Waals surface area contributed by atoms with Crippen molar-refractivity contribution < 1.29 is 9.47 Å². The van der Waals surface area contributed by atoms with Crippen LogP contribution in [0.3, 0.4) is 0 Å². The van der Waals surface area contributed by atoms with Crippen molar-refractivity contribution in [2.24, 2.45) is 0 Å². The zero-order valence-electron chi connectivity index (χ0n) is 12.1. The molecule has 0 atom stereocenters. The lowest BCUT2D eigenvalue weighted by molar-refractivity contribution is 0.415. The molecule has 3 heteroatoms. The predicted molar refractivity (Wildman–Crippen MR) is 92.6 cm³/mol. The monoisotopic (exact) mass is 354 g/mol. The van der Waals surface area contributed by atoms with Gasteiger partial charge < -0.3 is 9.47 Å². The maximum atomic E-state index is 5.82. The molecule has 3 aromatic carbocycles. The highest BCUT2D eigenvalue weighted by Gasteiger charge is 2.01. The zero-order valence-corrected chi connectivity index (χ0v) is 13.7. The second kappa shape index (κ2) is 6.67. The van der Waals surface area contributed by atoms with Gasteiger partial charge in [0.2, 0.25) is 0 Å². The van der Waals surface area contributed by atoms with Crippen molar-refractivity contribution in [1.82, 2.24) is 0 Å². The van der Waals surface area contributed by atoms with Gasteiger partial charge in [-0.25, -0.2) is 0 Å². The Morgan fingerprint density at radius 2 is 1.00 bits per heavy atom. The first-order chi connectivity index (χ1) is 10.7. The van der Waals surface area contributed by atoms with Gasteiger partial charge in [-0.05, 0) is 59.7 Å². The lowest BCUT2D eigenvalue weighted by Crippen LogP contribution is -1.85. The van der Waals surface area contributed by atoms with Crippen LogP contribution >= 0.6 is 15.9 Å². The number of halogens is 1. The molecule has 0 saturated heterocycles. The molecule has 0 heterocycles. The normalized spacial score (nSPS) is 10.3. The Labute approximate surface area is 138 Å². The number of benzene rings is 3. The number of rotatable bonds is 4. The van der Waals surface area contributed by atoms with Crippen LogP contribution in [0, 0.1) is 0 Å². The van der Waals surface area contributed by atoms with Crippen LogP contribution in [-0.2, 0) is 0 Å². The highest BCUT2D eigenvalue weighted by molar-refractivity contribution is 9.10. The minimum absolute atomic E-state index is 0.819. The van der Waals surface area contributed by atoms with Crippen LogP contribution in [0.1, 0.15) is 0 Å². The SMILES string of the molecule is COc1ccc(-c2ccc(Oc3ccc(Br)cc3)cc2)cc1. The molecule has 0 radical (unpaired) electrons. The van der Waals surface area contributed by atoms with E-state index in [0.717, 1.165) is 32.8 Å². The van der Waals surface area contributed by atoms with Gasteiger partial charge >= 0.3 is 0 Å². The smallest absolute Gasteiger partial charge is 0.127 e. The third-order valence-electron chi connectivity index (χ3n) is 3.33. The fourth-order valence-corrected chi connectivity index (χ4v) is 2.40. The maximum absolute atomic E-state index is 5.82. The van der Waals surface area contributed by atoms with Crippen LogP contribution in [0.15, 0.2) is 77.3 Å². The summed E-state index contributed by atoms with van der Waals surface area (Å²) in [6.45, 7) is 0. The minimum atomic E-state index is 0.819. The third-order valence-corrected chi connectivity index (χ3v) is 3.86. The molecule has 0 aliphatic rings. The Kier molecular flexibility index (Phi) is 4.45. The molecule has 0 amide bonds. The quantitative estimate of drug-likeness (QED) is 0.579. The molecule has 0 N–H and O–H groups in total. The van der Waals surface area contributed by atoms with Gasteiger partial charge in [0.1, 0.15) is 17.2 Å². The van der Waals surface area contributed by atoms with E-state index in [-0.39, 0.29) is 0 Å². The third kappa shape index (κ3) is 3.49.